The van der Waals surface area contributed by atoms with E-state index in [9.17, 15) is 4.79 Å². The van der Waals surface area contributed by atoms with Crippen molar-refractivity contribution in [1.29, 1.82) is 0 Å². The molecule has 2 fully saturated rings. The smallest absolute Gasteiger partial charge is 0.274 e. The fourth-order valence-corrected chi connectivity index (χ4v) is 4.06. The molecule has 1 saturated carbocycles. The van der Waals surface area contributed by atoms with Crippen LogP contribution >= 0.6 is 0 Å². The molecule has 1 amide bonds. The zero-order chi connectivity index (χ0) is 15.0. The number of amides is 1. The van der Waals surface area contributed by atoms with Crippen molar-refractivity contribution in [3.05, 3.63) is 11.4 Å². The van der Waals surface area contributed by atoms with Gasteiger partial charge in [0, 0.05) is 19.1 Å². The summed E-state index contributed by atoms with van der Waals surface area (Å²) in [4.78, 5) is 15.1. The van der Waals surface area contributed by atoms with Crippen LogP contribution in [0.2, 0.25) is 0 Å². The zero-order valence-corrected chi connectivity index (χ0v) is 13.1. The van der Waals surface area contributed by atoms with Crippen molar-refractivity contribution in [2.24, 2.45) is 5.92 Å². The molecule has 1 aromatic heterocycles. The number of likely N-dealkylation sites (tertiary alicyclic amines) is 1. The van der Waals surface area contributed by atoms with Gasteiger partial charge in [0.25, 0.3) is 5.91 Å². The third-order valence-corrected chi connectivity index (χ3v) is 5.18. The first-order valence-corrected chi connectivity index (χ1v) is 8.27. The van der Waals surface area contributed by atoms with Gasteiger partial charge in [-0.1, -0.05) is 12.8 Å². The van der Waals surface area contributed by atoms with Crippen LogP contribution in [0.25, 0.3) is 0 Å². The molecule has 1 aliphatic carbocycles. The summed E-state index contributed by atoms with van der Waals surface area (Å²) in [6.07, 6.45) is 7.37. The summed E-state index contributed by atoms with van der Waals surface area (Å²) in [5.74, 6) is 0.781. The fourth-order valence-electron chi connectivity index (χ4n) is 4.06. The third kappa shape index (κ3) is 2.43. The van der Waals surface area contributed by atoms with Gasteiger partial charge in [0.15, 0.2) is 0 Å². The molecular formula is C16H26N4O. The maximum Gasteiger partial charge on any atom is 0.274 e. The Morgan fingerprint density at radius 3 is 2.76 bits per heavy atom. The van der Waals surface area contributed by atoms with Crippen molar-refractivity contribution in [2.75, 3.05) is 12.3 Å². The van der Waals surface area contributed by atoms with Crippen molar-refractivity contribution in [3.63, 3.8) is 0 Å². The Hall–Kier alpha value is -1.52. The molecule has 2 heterocycles. The number of aromatic nitrogens is 2. The van der Waals surface area contributed by atoms with E-state index in [2.05, 4.69) is 10.00 Å². The van der Waals surface area contributed by atoms with Gasteiger partial charge in [-0.25, -0.2) is 0 Å². The van der Waals surface area contributed by atoms with E-state index < -0.39 is 0 Å². The minimum atomic E-state index is 0.0894. The zero-order valence-electron chi connectivity index (χ0n) is 13.1. The van der Waals surface area contributed by atoms with E-state index >= 15 is 0 Å². The van der Waals surface area contributed by atoms with Crippen LogP contribution in [0.4, 0.5) is 5.69 Å². The number of hydrogen-bond acceptors (Lipinski definition) is 3. The monoisotopic (exact) mass is 290 g/mol. The molecule has 0 radical (unpaired) electrons. The number of carbonyl (C=O) groups excluding carboxylic acids is 1. The normalized spacial score (nSPS) is 25.7. The predicted molar refractivity (Wildman–Crippen MR) is 83.1 cm³/mol. The summed E-state index contributed by atoms with van der Waals surface area (Å²) in [5.41, 5.74) is 8.04. The molecule has 0 bridgehead atoms. The molecule has 0 spiro atoms. The van der Waals surface area contributed by atoms with E-state index in [-0.39, 0.29) is 5.91 Å². The number of piperidine rings is 1. The molecule has 21 heavy (non-hydrogen) atoms. The minimum Gasteiger partial charge on any atom is -0.395 e. The summed E-state index contributed by atoms with van der Waals surface area (Å²) >= 11 is 0. The van der Waals surface area contributed by atoms with Gasteiger partial charge in [0.2, 0.25) is 0 Å². The number of nitrogens with zero attached hydrogens (tertiary/aromatic N) is 3. The molecule has 5 heteroatoms. The Kier molecular flexibility index (Phi) is 3.91. The Labute approximate surface area is 126 Å². The number of anilines is 1. The van der Waals surface area contributed by atoms with E-state index in [1.165, 1.54) is 25.7 Å². The quantitative estimate of drug-likeness (QED) is 0.910. The van der Waals surface area contributed by atoms with Crippen LogP contribution in [0.3, 0.4) is 0 Å². The van der Waals surface area contributed by atoms with Crippen molar-refractivity contribution in [1.82, 2.24) is 14.7 Å². The molecule has 2 atom stereocenters. The van der Waals surface area contributed by atoms with Gasteiger partial charge in [-0.05, 0) is 45.4 Å². The molecule has 3 rings (SSSR count). The Bertz CT molecular complexity index is 535. The molecule has 1 saturated heterocycles. The van der Waals surface area contributed by atoms with E-state index in [1.54, 1.807) is 4.68 Å². The van der Waals surface area contributed by atoms with Gasteiger partial charge in [-0.15, -0.1) is 0 Å². The lowest BCUT2D eigenvalue weighted by Crippen LogP contribution is -2.50. The first kappa shape index (κ1) is 14.4. The van der Waals surface area contributed by atoms with E-state index in [0.29, 0.717) is 29.9 Å². The van der Waals surface area contributed by atoms with Crippen LogP contribution in [0, 0.1) is 12.8 Å². The molecule has 2 N–H and O–H groups in total. The highest BCUT2D eigenvalue weighted by Crippen LogP contribution is 2.36. The van der Waals surface area contributed by atoms with E-state index in [4.69, 9.17) is 5.73 Å². The number of aryl methyl sites for hydroxylation is 2. The molecule has 2 aliphatic rings. The van der Waals surface area contributed by atoms with E-state index in [0.717, 1.165) is 25.1 Å². The van der Waals surface area contributed by atoms with Crippen LogP contribution < -0.4 is 5.73 Å². The maximum absolute atomic E-state index is 13.1. The molecule has 1 aliphatic heterocycles. The largest absolute Gasteiger partial charge is 0.395 e. The first-order chi connectivity index (χ1) is 10.1. The highest BCUT2D eigenvalue weighted by atomic mass is 16.2. The number of nitrogen functional groups attached to an aromatic ring is 1. The summed E-state index contributed by atoms with van der Waals surface area (Å²) in [6.45, 7) is 5.43. The Morgan fingerprint density at radius 1 is 1.29 bits per heavy atom. The average Bonchev–Trinajstić information content (AvgIpc) is 2.81. The van der Waals surface area contributed by atoms with Crippen LogP contribution in [0.5, 0.6) is 0 Å². The number of hydrogen-bond donors (Lipinski definition) is 1. The van der Waals surface area contributed by atoms with Gasteiger partial charge >= 0.3 is 0 Å². The Balaban J connectivity index is 1.90. The summed E-state index contributed by atoms with van der Waals surface area (Å²) in [6, 6.07) is 0.417. The SMILES string of the molecule is CCn1nc(C)c(N)c1C(=O)N1CCCC2CCCCC21. The topological polar surface area (TPSA) is 64.2 Å². The molecule has 2 unspecified atom stereocenters. The van der Waals surface area contributed by atoms with Gasteiger partial charge in [0.05, 0.1) is 11.4 Å². The summed E-state index contributed by atoms with van der Waals surface area (Å²) in [5, 5.41) is 4.39. The molecule has 0 aromatic carbocycles. The summed E-state index contributed by atoms with van der Waals surface area (Å²) < 4.78 is 1.76. The molecule has 1 aromatic rings. The molecule has 5 nitrogen and oxygen atoms in total. The highest BCUT2D eigenvalue weighted by Gasteiger charge is 2.37. The average molecular weight is 290 g/mol. The number of fused-ring (bicyclic) bond motifs is 1. The second kappa shape index (κ2) is 5.70. The van der Waals surface area contributed by atoms with Crippen LogP contribution in [-0.2, 0) is 6.54 Å². The van der Waals surface area contributed by atoms with Crippen molar-refractivity contribution < 1.29 is 4.79 Å². The Morgan fingerprint density at radius 2 is 2.00 bits per heavy atom. The summed E-state index contributed by atoms with van der Waals surface area (Å²) in [7, 11) is 0. The van der Waals surface area contributed by atoms with Crippen molar-refractivity contribution in [3.8, 4) is 0 Å². The fraction of sp³-hybridized carbons (Fsp3) is 0.750. The molecule has 116 valence electrons. The number of nitrogens with two attached hydrogens (primary N) is 1. The third-order valence-electron chi connectivity index (χ3n) is 5.18. The lowest BCUT2D eigenvalue weighted by atomic mass is 9.78. The predicted octanol–water partition coefficient (Wildman–Crippen LogP) is 2.59. The maximum atomic E-state index is 13.1. The van der Waals surface area contributed by atoms with Crippen molar-refractivity contribution >= 4 is 11.6 Å². The van der Waals surface area contributed by atoms with Gasteiger partial charge < -0.3 is 10.6 Å². The second-order valence-electron chi connectivity index (χ2n) is 6.42. The van der Waals surface area contributed by atoms with Gasteiger partial charge in [-0.3, -0.25) is 9.48 Å². The second-order valence-corrected chi connectivity index (χ2v) is 6.42. The van der Waals surface area contributed by atoms with Gasteiger partial charge in [-0.2, -0.15) is 5.10 Å². The van der Waals surface area contributed by atoms with Crippen molar-refractivity contribution in [2.45, 2.75) is 65.0 Å². The lowest BCUT2D eigenvalue weighted by Gasteiger charge is -2.44. The standard InChI is InChI=1S/C16H26N4O/c1-3-20-15(14(17)11(2)18-20)16(21)19-10-6-8-12-7-4-5-9-13(12)19/h12-13H,3-10,17H2,1-2H3. The van der Waals surface area contributed by atoms with Gasteiger partial charge in [0.1, 0.15) is 5.69 Å². The van der Waals surface area contributed by atoms with Crippen LogP contribution in [-0.4, -0.2) is 33.2 Å². The van der Waals surface area contributed by atoms with Crippen LogP contribution in [0.15, 0.2) is 0 Å². The number of carbonyl (C=O) groups is 1. The molecular weight excluding hydrogens is 264 g/mol. The van der Waals surface area contributed by atoms with Crippen LogP contribution in [0.1, 0.15) is 61.6 Å². The first-order valence-electron chi connectivity index (χ1n) is 8.27. The van der Waals surface area contributed by atoms with E-state index in [1.807, 2.05) is 13.8 Å². The lowest BCUT2D eigenvalue weighted by molar-refractivity contribution is 0.0380. The highest BCUT2D eigenvalue weighted by molar-refractivity contribution is 5.98. The minimum absolute atomic E-state index is 0.0894. The number of rotatable bonds is 2.